The van der Waals surface area contributed by atoms with Gasteiger partial charge in [0.15, 0.2) is 11.5 Å². The molecule has 1 aliphatic carbocycles. The van der Waals surface area contributed by atoms with Crippen LogP contribution in [0.15, 0.2) is 18.2 Å². The minimum Gasteiger partial charge on any atom is -0.454 e. The van der Waals surface area contributed by atoms with Gasteiger partial charge in [0.1, 0.15) is 0 Å². The van der Waals surface area contributed by atoms with E-state index >= 15 is 0 Å². The van der Waals surface area contributed by atoms with E-state index < -0.39 is 0 Å². The van der Waals surface area contributed by atoms with Crippen LogP contribution in [-0.4, -0.2) is 56.5 Å². The number of nitrogens with zero attached hydrogens (tertiary/aromatic N) is 1. The van der Waals surface area contributed by atoms with Crippen LogP contribution in [0, 0.1) is 5.92 Å². The molecule has 130 valence electrons. The van der Waals surface area contributed by atoms with Crippen molar-refractivity contribution < 1.29 is 19.0 Å². The van der Waals surface area contributed by atoms with Crippen LogP contribution in [0.1, 0.15) is 18.4 Å². The maximum absolute atomic E-state index is 12.4. The fraction of sp³-hybridized carbons (Fsp3) is 0.611. The second kappa shape index (κ2) is 6.26. The first-order valence-corrected chi connectivity index (χ1v) is 8.59. The molecule has 1 saturated heterocycles. The number of aryl methyl sites for hydroxylation is 1. The maximum atomic E-state index is 12.4. The van der Waals surface area contributed by atoms with Gasteiger partial charge in [0.25, 0.3) is 0 Å². The van der Waals surface area contributed by atoms with E-state index in [0.717, 1.165) is 30.1 Å². The van der Waals surface area contributed by atoms with Gasteiger partial charge in [-0.25, -0.2) is 0 Å². The van der Waals surface area contributed by atoms with Crippen LogP contribution in [-0.2, 0) is 16.0 Å². The molecule has 3 aliphatic rings. The van der Waals surface area contributed by atoms with Gasteiger partial charge in [-0.1, -0.05) is 6.07 Å². The van der Waals surface area contributed by atoms with Crippen molar-refractivity contribution >= 4 is 5.91 Å². The molecular weight excluding hydrogens is 308 g/mol. The highest BCUT2D eigenvalue weighted by Crippen LogP contribution is 2.41. The molecule has 2 heterocycles. The monoisotopic (exact) mass is 332 g/mol. The van der Waals surface area contributed by atoms with Gasteiger partial charge in [0.2, 0.25) is 12.7 Å². The molecule has 6 heteroatoms. The molecule has 1 saturated carbocycles. The Kier molecular flexibility index (Phi) is 4.10. The first-order valence-electron chi connectivity index (χ1n) is 8.59. The summed E-state index contributed by atoms with van der Waals surface area (Å²) < 4.78 is 16.5. The minimum absolute atomic E-state index is 0.106. The summed E-state index contributed by atoms with van der Waals surface area (Å²) in [4.78, 5) is 14.5. The summed E-state index contributed by atoms with van der Waals surface area (Å²) in [5.74, 6) is 2.12. The third-order valence-corrected chi connectivity index (χ3v) is 5.35. The van der Waals surface area contributed by atoms with E-state index in [1.807, 2.05) is 32.3 Å². The third-order valence-electron chi connectivity index (χ3n) is 5.35. The fourth-order valence-corrected chi connectivity index (χ4v) is 4.10. The number of rotatable bonds is 5. The van der Waals surface area contributed by atoms with Crippen molar-refractivity contribution in [3.63, 3.8) is 0 Å². The lowest BCUT2D eigenvalue weighted by Gasteiger charge is -2.50. The fourth-order valence-electron chi connectivity index (χ4n) is 4.10. The number of carbonyl (C=O) groups excluding carboxylic acids is 1. The SMILES string of the molecule is CN(C)[C@@H]1[C@@H](NC(=O)CCc2ccc3c(c2)OCO3)[C@H]2CCO[C@H]21. The largest absolute Gasteiger partial charge is 0.454 e. The Labute approximate surface area is 142 Å². The van der Waals surface area contributed by atoms with Crippen molar-refractivity contribution in [2.45, 2.75) is 37.5 Å². The first kappa shape index (κ1) is 15.7. The van der Waals surface area contributed by atoms with Gasteiger partial charge in [0, 0.05) is 18.9 Å². The number of hydrogen-bond donors (Lipinski definition) is 1. The van der Waals surface area contributed by atoms with Crippen molar-refractivity contribution in [2.24, 2.45) is 5.92 Å². The highest BCUT2D eigenvalue weighted by molar-refractivity contribution is 5.77. The Morgan fingerprint density at radius 1 is 1.29 bits per heavy atom. The molecule has 0 bridgehead atoms. The van der Waals surface area contributed by atoms with Crippen molar-refractivity contribution in [3.05, 3.63) is 23.8 Å². The number of nitrogens with one attached hydrogen (secondary N) is 1. The van der Waals surface area contributed by atoms with E-state index in [1.165, 1.54) is 0 Å². The number of ether oxygens (including phenoxy) is 3. The van der Waals surface area contributed by atoms with Gasteiger partial charge < -0.3 is 24.4 Å². The van der Waals surface area contributed by atoms with Crippen LogP contribution in [0.4, 0.5) is 0 Å². The molecule has 0 radical (unpaired) electrons. The summed E-state index contributed by atoms with van der Waals surface area (Å²) in [5.41, 5.74) is 1.09. The molecule has 1 aromatic rings. The quantitative estimate of drug-likeness (QED) is 0.877. The highest BCUT2D eigenvalue weighted by atomic mass is 16.7. The minimum atomic E-state index is 0.106. The lowest BCUT2D eigenvalue weighted by molar-refractivity contribution is -0.128. The smallest absolute Gasteiger partial charge is 0.231 e. The van der Waals surface area contributed by atoms with E-state index in [-0.39, 0.29) is 30.9 Å². The zero-order valence-corrected chi connectivity index (χ0v) is 14.2. The van der Waals surface area contributed by atoms with Crippen LogP contribution in [0.25, 0.3) is 0 Å². The Bertz CT molecular complexity index is 633. The van der Waals surface area contributed by atoms with Crippen molar-refractivity contribution in [1.82, 2.24) is 10.2 Å². The number of likely N-dealkylation sites (N-methyl/N-ethyl adjacent to an activating group) is 1. The summed E-state index contributed by atoms with van der Waals surface area (Å²) in [6.07, 6.45) is 2.50. The summed E-state index contributed by atoms with van der Waals surface area (Å²) in [6.45, 7) is 1.08. The van der Waals surface area contributed by atoms with E-state index in [4.69, 9.17) is 14.2 Å². The Hall–Kier alpha value is -1.79. The van der Waals surface area contributed by atoms with Crippen molar-refractivity contribution in [3.8, 4) is 11.5 Å². The van der Waals surface area contributed by atoms with Crippen LogP contribution >= 0.6 is 0 Å². The second-order valence-corrected chi connectivity index (χ2v) is 7.02. The van der Waals surface area contributed by atoms with E-state index in [2.05, 4.69) is 10.2 Å². The molecular formula is C18H24N2O4. The lowest BCUT2D eigenvalue weighted by Crippen LogP contribution is -2.69. The third kappa shape index (κ3) is 2.74. The van der Waals surface area contributed by atoms with Crippen molar-refractivity contribution in [2.75, 3.05) is 27.5 Å². The van der Waals surface area contributed by atoms with Gasteiger partial charge in [0.05, 0.1) is 18.2 Å². The molecule has 1 N–H and O–H groups in total. The van der Waals surface area contributed by atoms with Gasteiger partial charge in [-0.05, 0) is 44.6 Å². The van der Waals surface area contributed by atoms with Gasteiger partial charge >= 0.3 is 0 Å². The predicted molar refractivity (Wildman–Crippen MR) is 88.1 cm³/mol. The Morgan fingerprint density at radius 3 is 2.96 bits per heavy atom. The molecule has 24 heavy (non-hydrogen) atoms. The van der Waals surface area contributed by atoms with Crippen LogP contribution < -0.4 is 14.8 Å². The van der Waals surface area contributed by atoms with Crippen LogP contribution in [0.3, 0.4) is 0 Å². The molecule has 6 nitrogen and oxygen atoms in total. The van der Waals surface area contributed by atoms with E-state index in [1.54, 1.807) is 0 Å². The topological polar surface area (TPSA) is 60.0 Å². The molecule has 1 aromatic carbocycles. The zero-order chi connectivity index (χ0) is 16.7. The average molecular weight is 332 g/mol. The number of carbonyl (C=O) groups is 1. The molecule has 0 aromatic heterocycles. The summed E-state index contributed by atoms with van der Waals surface area (Å²) in [7, 11) is 4.10. The number of hydrogen-bond acceptors (Lipinski definition) is 5. The Balaban J connectivity index is 1.32. The molecule has 2 aliphatic heterocycles. The molecule has 1 amide bonds. The van der Waals surface area contributed by atoms with Gasteiger partial charge in [-0.3, -0.25) is 4.79 Å². The van der Waals surface area contributed by atoms with Crippen molar-refractivity contribution in [1.29, 1.82) is 0 Å². The van der Waals surface area contributed by atoms with Crippen LogP contribution in [0.5, 0.6) is 11.5 Å². The van der Waals surface area contributed by atoms with Gasteiger partial charge in [-0.15, -0.1) is 0 Å². The van der Waals surface area contributed by atoms with Crippen LogP contribution in [0.2, 0.25) is 0 Å². The zero-order valence-electron chi connectivity index (χ0n) is 14.2. The maximum Gasteiger partial charge on any atom is 0.231 e. The molecule has 4 rings (SSSR count). The number of benzene rings is 1. The predicted octanol–water partition coefficient (Wildman–Crippen LogP) is 1.18. The highest BCUT2D eigenvalue weighted by Gasteiger charge is 2.55. The normalized spacial score (nSPS) is 30.1. The number of amides is 1. The molecule has 0 spiro atoms. The summed E-state index contributed by atoms with van der Waals surface area (Å²) in [6, 6.07) is 6.35. The van der Waals surface area contributed by atoms with Gasteiger partial charge in [-0.2, -0.15) is 0 Å². The lowest BCUT2D eigenvalue weighted by atomic mass is 9.71. The van der Waals surface area contributed by atoms with E-state index in [9.17, 15) is 4.79 Å². The molecule has 4 atom stereocenters. The average Bonchev–Trinajstić information content (AvgIpc) is 3.16. The molecule has 2 fully saturated rings. The summed E-state index contributed by atoms with van der Waals surface area (Å²) >= 11 is 0. The summed E-state index contributed by atoms with van der Waals surface area (Å²) in [5, 5.41) is 3.23. The second-order valence-electron chi connectivity index (χ2n) is 7.02. The first-order chi connectivity index (χ1) is 11.6. The Morgan fingerprint density at radius 2 is 2.12 bits per heavy atom. The standard InChI is InChI=1S/C18H24N2O4/c1-20(2)17-16(12-7-8-22-18(12)17)19-15(21)6-4-11-3-5-13-14(9-11)24-10-23-13/h3,5,9,12,16-18H,4,6-8,10H2,1-2H3,(H,19,21)/t12-,16+,17-,18-/m1/s1. The van der Waals surface area contributed by atoms with E-state index in [0.29, 0.717) is 18.8 Å². The molecule has 0 unspecified atom stereocenters. The number of fused-ring (bicyclic) bond motifs is 2.